The number of ether oxygens (including phenoxy) is 1. The number of ketones is 1. The maximum atomic E-state index is 12.8. The topological polar surface area (TPSA) is 98.5 Å². The zero-order chi connectivity index (χ0) is 20.1. The Bertz CT molecular complexity index is 1050. The fourth-order valence-electron chi connectivity index (χ4n) is 2.53. The van der Waals surface area contributed by atoms with Crippen molar-refractivity contribution in [3.8, 4) is 11.5 Å². The predicted octanol–water partition coefficient (Wildman–Crippen LogP) is 4.84. The largest absolute Gasteiger partial charge is 0.457 e. The third-order valence-corrected chi connectivity index (χ3v) is 3.92. The molecule has 7 nitrogen and oxygen atoms in total. The second-order valence-electron chi connectivity index (χ2n) is 5.94. The lowest BCUT2D eigenvalue weighted by Crippen LogP contribution is -2.14. The molecule has 0 aliphatic heterocycles. The smallest absolute Gasteiger partial charge is 0.270 e. The average Bonchev–Trinajstić information content (AvgIpc) is 2.69. The number of nitro benzene ring substituents is 1. The molecule has 1 amide bonds. The standard InChI is InChI=1S/C21H16N2O5/c1-14(24)15-6-5-7-16(12-15)22-21(25)19-13-17(23(26)27)10-11-20(19)28-18-8-3-2-4-9-18/h2-13H,1H3,(H,22,25). The predicted molar refractivity (Wildman–Crippen MR) is 104 cm³/mol. The molecule has 0 radical (unpaired) electrons. The summed E-state index contributed by atoms with van der Waals surface area (Å²) in [6.45, 7) is 1.42. The summed E-state index contributed by atoms with van der Waals surface area (Å²) in [5.74, 6) is -0.0594. The summed E-state index contributed by atoms with van der Waals surface area (Å²) < 4.78 is 5.73. The highest BCUT2D eigenvalue weighted by Gasteiger charge is 2.19. The maximum absolute atomic E-state index is 12.8. The number of benzene rings is 3. The second kappa shape index (κ2) is 8.13. The van der Waals surface area contributed by atoms with Crippen LogP contribution in [0.1, 0.15) is 27.6 Å². The number of nitrogens with one attached hydrogen (secondary N) is 1. The van der Waals surface area contributed by atoms with Crippen LogP contribution >= 0.6 is 0 Å². The Morgan fingerprint density at radius 3 is 2.39 bits per heavy atom. The Balaban J connectivity index is 1.94. The number of anilines is 1. The zero-order valence-electron chi connectivity index (χ0n) is 14.9. The van der Waals surface area contributed by atoms with Crippen molar-refractivity contribution in [3.63, 3.8) is 0 Å². The van der Waals surface area contributed by atoms with Gasteiger partial charge in [0.2, 0.25) is 0 Å². The molecule has 0 fully saturated rings. The van der Waals surface area contributed by atoms with Crippen LogP contribution in [0, 0.1) is 10.1 Å². The lowest BCUT2D eigenvalue weighted by atomic mass is 10.1. The number of carbonyl (C=O) groups is 2. The summed E-state index contributed by atoms with van der Waals surface area (Å²) in [5, 5.41) is 13.8. The quantitative estimate of drug-likeness (QED) is 0.377. The first-order valence-corrected chi connectivity index (χ1v) is 8.38. The number of rotatable bonds is 6. The number of nitro groups is 1. The van der Waals surface area contributed by atoms with Gasteiger partial charge in [-0.05, 0) is 37.3 Å². The summed E-state index contributed by atoms with van der Waals surface area (Å²) in [6, 6.07) is 19.0. The molecule has 3 rings (SSSR count). The molecule has 0 aliphatic rings. The molecule has 0 saturated carbocycles. The third kappa shape index (κ3) is 4.39. The number of hydrogen-bond donors (Lipinski definition) is 1. The van der Waals surface area contributed by atoms with Gasteiger partial charge in [-0.2, -0.15) is 0 Å². The number of para-hydroxylation sites is 1. The normalized spacial score (nSPS) is 10.2. The van der Waals surface area contributed by atoms with Gasteiger partial charge in [-0.15, -0.1) is 0 Å². The summed E-state index contributed by atoms with van der Waals surface area (Å²) in [7, 11) is 0. The van der Waals surface area contributed by atoms with E-state index in [2.05, 4.69) is 5.32 Å². The van der Waals surface area contributed by atoms with Crippen molar-refractivity contribution >= 4 is 23.1 Å². The van der Waals surface area contributed by atoms with Crippen LogP contribution in [-0.2, 0) is 0 Å². The van der Waals surface area contributed by atoms with Gasteiger partial charge in [0.25, 0.3) is 11.6 Å². The van der Waals surface area contributed by atoms with Crippen LogP contribution in [0.2, 0.25) is 0 Å². The molecule has 3 aromatic rings. The fraction of sp³-hybridized carbons (Fsp3) is 0.0476. The van der Waals surface area contributed by atoms with Crippen LogP contribution in [-0.4, -0.2) is 16.6 Å². The van der Waals surface area contributed by atoms with E-state index in [1.54, 1.807) is 42.5 Å². The minimum absolute atomic E-state index is 0.00582. The lowest BCUT2D eigenvalue weighted by Gasteiger charge is -2.12. The first-order chi connectivity index (χ1) is 13.4. The van der Waals surface area contributed by atoms with Gasteiger partial charge >= 0.3 is 0 Å². The molecule has 0 heterocycles. The van der Waals surface area contributed by atoms with Gasteiger partial charge in [-0.1, -0.05) is 30.3 Å². The van der Waals surface area contributed by atoms with Crippen molar-refractivity contribution < 1.29 is 19.2 Å². The number of Topliss-reactive ketones (excluding diaryl/α,β-unsaturated/α-hetero) is 1. The SMILES string of the molecule is CC(=O)c1cccc(NC(=O)c2cc([N+](=O)[O-])ccc2Oc2ccccc2)c1. The zero-order valence-corrected chi connectivity index (χ0v) is 14.9. The molecule has 0 aliphatic carbocycles. The van der Waals surface area contributed by atoms with E-state index in [4.69, 9.17) is 4.74 Å². The molecule has 0 aromatic heterocycles. The molecule has 0 unspecified atom stereocenters. The monoisotopic (exact) mass is 376 g/mol. The highest BCUT2D eigenvalue weighted by Crippen LogP contribution is 2.29. The van der Waals surface area contributed by atoms with Crippen LogP contribution in [0.4, 0.5) is 11.4 Å². The van der Waals surface area contributed by atoms with Gasteiger partial charge in [-0.25, -0.2) is 0 Å². The minimum Gasteiger partial charge on any atom is -0.457 e. The molecule has 0 saturated heterocycles. The van der Waals surface area contributed by atoms with E-state index >= 15 is 0 Å². The minimum atomic E-state index is -0.588. The molecule has 0 atom stereocenters. The Labute approximate surface area is 160 Å². The highest BCUT2D eigenvalue weighted by molar-refractivity contribution is 6.07. The Morgan fingerprint density at radius 2 is 1.71 bits per heavy atom. The van der Waals surface area contributed by atoms with Crippen LogP contribution in [0.25, 0.3) is 0 Å². The first kappa shape index (κ1) is 18.8. The van der Waals surface area contributed by atoms with E-state index in [1.807, 2.05) is 6.07 Å². The van der Waals surface area contributed by atoms with Crippen molar-refractivity contribution in [3.05, 3.63) is 94.0 Å². The van der Waals surface area contributed by atoms with E-state index in [0.717, 1.165) is 6.07 Å². The molecule has 1 N–H and O–H groups in total. The summed E-state index contributed by atoms with van der Waals surface area (Å²) in [6.07, 6.45) is 0. The third-order valence-electron chi connectivity index (χ3n) is 3.92. The molecule has 0 spiro atoms. The summed E-state index contributed by atoms with van der Waals surface area (Å²) >= 11 is 0. The fourth-order valence-corrected chi connectivity index (χ4v) is 2.53. The Kier molecular flexibility index (Phi) is 5.45. The average molecular weight is 376 g/mol. The molecule has 3 aromatic carbocycles. The Morgan fingerprint density at radius 1 is 0.964 bits per heavy atom. The number of hydrogen-bond acceptors (Lipinski definition) is 5. The van der Waals surface area contributed by atoms with Crippen molar-refractivity contribution in [1.82, 2.24) is 0 Å². The van der Waals surface area contributed by atoms with E-state index in [-0.39, 0.29) is 22.8 Å². The molecule has 28 heavy (non-hydrogen) atoms. The molecular formula is C21H16N2O5. The summed E-state index contributed by atoms with van der Waals surface area (Å²) in [4.78, 5) is 34.8. The lowest BCUT2D eigenvalue weighted by molar-refractivity contribution is -0.384. The van der Waals surface area contributed by atoms with Crippen LogP contribution in [0.5, 0.6) is 11.5 Å². The molecule has 0 bridgehead atoms. The van der Waals surface area contributed by atoms with E-state index in [0.29, 0.717) is 17.0 Å². The molecular weight excluding hydrogens is 360 g/mol. The molecule has 140 valence electrons. The maximum Gasteiger partial charge on any atom is 0.270 e. The van der Waals surface area contributed by atoms with Crippen molar-refractivity contribution in [2.45, 2.75) is 6.92 Å². The summed E-state index contributed by atoms with van der Waals surface area (Å²) in [5.41, 5.74) is 0.613. The first-order valence-electron chi connectivity index (χ1n) is 8.38. The number of non-ortho nitro benzene ring substituents is 1. The van der Waals surface area contributed by atoms with Crippen molar-refractivity contribution in [1.29, 1.82) is 0 Å². The highest BCUT2D eigenvalue weighted by atomic mass is 16.6. The van der Waals surface area contributed by atoms with Gasteiger partial charge in [0.05, 0.1) is 10.5 Å². The van der Waals surface area contributed by atoms with Gasteiger partial charge in [0.15, 0.2) is 5.78 Å². The van der Waals surface area contributed by atoms with E-state index in [9.17, 15) is 19.7 Å². The number of amides is 1. The van der Waals surface area contributed by atoms with E-state index in [1.165, 1.54) is 25.1 Å². The van der Waals surface area contributed by atoms with Crippen molar-refractivity contribution in [2.24, 2.45) is 0 Å². The second-order valence-corrected chi connectivity index (χ2v) is 5.94. The molecule has 7 heteroatoms. The van der Waals surface area contributed by atoms with Gasteiger partial charge in [0, 0.05) is 23.4 Å². The van der Waals surface area contributed by atoms with Crippen LogP contribution < -0.4 is 10.1 Å². The van der Waals surface area contributed by atoms with Gasteiger partial charge < -0.3 is 10.1 Å². The van der Waals surface area contributed by atoms with Crippen LogP contribution in [0.3, 0.4) is 0 Å². The number of nitrogens with zero attached hydrogens (tertiary/aromatic N) is 1. The Hall–Kier alpha value is -4.00. The van der Waals surface area contributed by atoms with Crippen molar-refractivity contribution in [2.75, 3.05) is 5.32 Å². The van der Waals surface area contributed by atoms with E-state index < -0.39 is 10.8 Å². The van der Waals surface area contributed by atoms with Gasteiger partial charge in [0.1, 0.15) is 11.5 Å². The van der Waals surface area contributed by atoms with Gasteiger partial charge in [-0.3, -0.25) is 19.7 Å². The van der Waals surface area contributed by atoms with Crippen LogP contribution in [0.15, 0.2) is 72.8 Å². The number of carbonyl (C=O) groups excluding carboxylic acids is 2.